The molecule has 3 aliphatic heterocycles. The second kappa shape index (κ2) is 8.47. The first-order valence-corrected chi connectivity index (χ1v) is 10.7. The summed E-state index contributed by atoms with van der Waals surface area (Å²) in [5.41, 5.74) is 0.333. The molecule has 3 heterocycles. The van der Waals surface area contributed by atoms with Gasteiger partial charge in [0, 0.05) is 18.3 Å². The molecule has 1 unspecified atom stereocenters. The van der Waals surface area contributed by atoms with Gasteiger partial charge in [0.05, 0.1) is 12.1 Å². The van der Waals surface area contributed by atoms with Crippen molar-refractivity contribution in [2.45, 2.75) is 50.7 Å². The normalized spacial score (nSPS) is 28.6. The van der Waals surface area contributed by atoms with E-state index in [0.717, 1.165) is 38.9 Å². The highest BCUT2D eigenvalue weighted by Crippen LogP contribution is 2.34. The first kappa shape index (κ1) is 19.8. The molecule has 3 saturated heterocycles. The van der Waals surface area contributed by atoms with Crippen LogP contribution in [0.15, 0.2) is 24.3 Å². The van der Waals surface area contributed by atoms with Crippen LogP contribution in [0, 0.1) is 5.82 Å². The average molecular weight is 390 g/mol. The van der Waals surface area contributed by atoms with Crippen LogP contribution in [-0.2, 0) is 9.53 Å². The van der Waals surface area contributed by atoms with Gasteiger partial charge in [-0.3, -0.25) is 4.79 Å². The highest BCUT2D eigenvalue weighted by molar-refractivity contribution is 5.95. The predicted molar refractivity (Wildman–Crippen MR) is 108 cm³/mol. The zero-order valence-electron chi connectivity index (χ0n) is 16.9. The molecule has 1 aromatic rings. The zero-order valence-corrected chi connectivity index (χ0v) is 16.9. The molecule has 4 rings (SSSR count). The average Bonchev–Trinajstić information content (AvgIpc) is 2.93. The lowest BCUT2D eigenvalue weighted by Gasteiger charge is -2.42. The van der Waals surface area contributed by atoms with E-state index < -0.39 is 0 Å². The van der Waals surface area contributed by atoms with Crippen molar-refractivity contribution in [3.05, 3.63) is 30.1 Å². The fraction of sp³-hybridized carbons (Fsp3) is 0.682. The summed E-state index contributed by atoms with van der Waals surface area (Å²) in [4.78, 5) is 19.4. The van der Waals surface area contributed by atoms with Crippen molar-refractivity contribution in [2.75, 3.05) is 50.8 Å². The van der Waals surface area contributed by atoms with Gasteiger partial charge in [0.15, 0.2) is 0 Å². The molecule has 0 saturated carbocycles. The Kier molecular flexibility index (Phi) is 5.99. The molecule has 0 aromatic heterocycles. The molecule has 3 fully saturated rings. The third-order valence-electron chi connectivity index (χ3n) is 6.82. The highest BCUT2D eigenvalue weighted by Gasteiger charge is 2.42. The second-order valence-corrected chi connectivity index (χ2v) is 8.49. The fourth-order valence-corrected chi connectivity index (χ4v) is 5.05. The van der Waals surface area contributed by atoms with Crippen molar-refractivity contribution in [1.82, 2.24) is 9.80 Å². The van der Waals surface area contributed by atoms with Crippen LogP contribution in [0.4, 0.5) is 10.1 Å². The van der Waals surface area contributed by atoms with E-state index >= 15 is 0 Å². The van der Waals surface area contributed by atoms with Crippen LogP contribution >= 0.6 is 0 Å². The summed E-state index contributed by atoms with van der Waals surface area (Å²) < 4.78 is 19.8. The molecule has 1 spiro atoms. The molecule has 0 radical (unpaired) electrons. The van der Waals surface area contributed by atoms with Crippen LogP contribution in [0.2, 0.25) is 0 Å². The number of carbonyl (C=O) groups is 1. The number of hydrogen-bond donors (Lipinski definition) is 0. The Morgan fingerprint density at radius 1 is 1.18 bits per heavy atom. The van der Waals surface area contributed by atoms with E-state index in [-0.39, 0.29) is 23.9 Å². The number of hydrogen-bond acceptors (Lipinski definition) is 4. The Labute approximate surface area is 167 Å². The molecule has 154 valence electrons. The van der Waals surface area contributed by atoms with Crippen LogP contribution in [0.1, 0.15) is 39.0 Å². The third kappa shape index (κ3) is 4.24. The van der Waals surface area contributed by atoms with Gasteiger partial charge in [0.2, 0.25) is 0 Å². The number of halogens is 1. The van der Waals surface area contributed by atoms with Crippen molar-refractivity contribution in [3.63, 3.8) is 0 Å². The smallest absolute Gasteiger partial charge is 0.253 e. The van der Waals surface area contributed by atoms with E-state index in [1.54, 1.807) is 11.0 Å². The Hall–Kier alpha value is -1.50. The number of carbonyl (C=O) groups excluding carboxylic acids is 1. The maximum absolute atomic E-state index is 13.7. The van der Waals surface area contributed by atoms with Crippen molar-refractivity contribution in [2.24, 2.45) is 0 Å². The number of rotatable bonds is 3. The number of ether oxygens (including phenoxy) is 1. The van der Waals surface area contributed by atoms with E-state index in [4.69, 9.17) is 4.74 Å². The topological polar surface area (TPSA) is 36.0 Å². The molecule has 1 atom stereocenters. The number of amides is 1. The van der Waals surface area contributed by atoms with Gasteiger partial charge in [-0.2, -0.15) is 0 Å². The van der Waals surface area contributed by atoms with Crippen LogP contribution in [0.25, 0.3) is 0 Å². The predicted octanol–water partition coefficient (Wildman–Crippen LogP) is 2.90. The summed E-state index contributed by atoms with van der Waals surface area (Å²) in [6.45, 7) is 8.51. The number of piperidine rings is 1. The number of likely N-dealkylation sites (tertiary alicyclic amines) is 2. The Balaban J connectivity index is 1.42. The van der Waals surface area contributed by atoms with Gasteiger partial charge in [-0.15, -0.1) is 0 Å². The van der Waals surface area contributed by atoms with Gasteiger partial charge < -0.3 is 19.4 Å². The lowest BCUT2D eigenvalue weighted by Crippen LogP contribution is -2.55. The standard InChI is InChI=1S/C22H32FN3O2/c1-2-24-12-7-19(8-13-24)25-11-4-9-22(10-14-25)17-26(21(27)16-28-22)20-6-3-5-18(23)15-20/h3,5-6,15,19H,2,4,7-14,16-17H2,1H3. The largest absolute Gasteiger partial charge is 0.363 e. The van der Waals surface area contributed by atoms with Gasteiger partial charge in [-0.25, -0.2) is 4.39 Å². The summed E-state index contributed by atoms with van der Waals surface area (Å²) in [5, 5.41) is 0. The monoisotopic (exact) mass is 389 g/mol. The number of anilines is 1. The van der Waals surface area contributed by atoms with Crippen LogP contribution in [-0.4, -0.2) is 73.2 Å². The third-order valence-corrected chi connectivity index (χ3v) is 6.82. The molecule has 5 nitrogen and oxygen atoms in total. The molecule has 1 amide bonds. The molecule has 0 aliphatic carbocycles. The van der Waals surface area contributed by atoms with Crippen LogP contribution in [0.5, 0.6) is 0 Å². The van der Waals surface area contributed by atoms with E-state index in [0.29, 0.717) is 18.3 Å². The molecule has 28 heavy (non-hydrogen) atoms. The minimum atomic E-state index is -0.309. The van der Waals surface area contributed by atoms with Crippen molar-refractivity contribution in [3.8, 4) is 0 Å². The van der Waals surface area contributed by atoms with E-state index in [2.05, 4.69) is 16.7 Å². The van der Waals surface area contributed by atoms with Gasteiger partial charge in [-0.05, 0) is 76.5 Å². The summed E-state index contributed by atoms with van der Waals surface area (Å²) in [6.07, 6.45) is 5.46. The number of benzene rings is 1. The molecule has 6 heteroatoms. The lowest BCUT2D eigenvalue weighted by atomic mass is 9.92. The summed E-state index contributed by atoms with van der Waals surface area (Å²) in [7, 11) is 0. The zero-order chi connectivity index (χ0) is 19.6. The van der Waals surface area contributed by atoms with Gasteiger partial charge in [0.1, 0.15) is 12.4 Å². The van der Waals surface area contributed by atoms with E-state index in [9.17, 15) is 9.18 Å². The minimum absolute atomic E-state index is 0.0794. The summed E-state index contributed by atoms with van der Waals surface area (Å²) >= 11 is 0. The van der Waals surface area contributed by atoms with Gasteiger partial charge in [-0.1, -0.05) is 13.0 Å². The van der Waals surface area contributed by atoms with Crippen LogP contribution in [0.3, 0.4) is 0 Å². The van der Waals surface area contributed by atoms with Gasteiger partial charge >= 0.3 is 0 Å². The summed E-state index contributed by atoms with van der Waals surface area (Å²) in [6, 6.07) is 7.00. The minimum Gasteiger partial charge on any atom is -0.363 e. The molecular formula is C22H32FN3O2. The van der Waals surface area contributed by atoms with Crippen LogP contribution < -0.4 is 4.90 Å². The Morgan fingerprint density at radius 3 is 2.75 bits per heavy atom. The first-order chi connectivity index (χ1) is 13.6. The van der Waals surface area contributed by atoms with Crippen molar-refractivity contribution < 1.29 is 13.9 Å². The molecular weight excluding hydrogens is 357 g/mol. The Bertz CT molecular complexity index is 692. The van der Waals surface area contributed by atoms with E-state index in [1.807, 2.05) is 6.07 Å². The molecule has 0 bridgehead atoms. The van der Waals surface area contributed by atoms with Gasteiger partial charge in [0.25, 0.3) is 5.91 Å². The fourth-order valence-electron chi connectivity index (χ4n) is 5.05. The lowest BCUT2D eigenvalue weighted by molar-refractivity contribution is -0.140. The van der Waals surface area contributed by atoms with Crippen molar-refractivity contribution >= 4 is 11.6 Å². The maximum Gasteiger partial charge on any atom is 0.253 e. The SMILES string of the molecule is CCN1CCC(N2CCCC3(CC2)CN(c2cccc(F)c2)C(=O)CO3)CC1. The number of nitrogens with zero attached hydrogens (tertiary/aromatic N) is 3. The number of morpholine rings is 1. The second-order valence-electron chi connectivity index (χ2n) is 8.49. The molecule has 1 aromatic carbocycles. The Morgan fingerprint density at radius 2 is 2.00 bits per heavy atom. The molecule has 3 aliphatic rings. The highest BCUT2D eigenvalue weighted by atomic mass is 19.1. The first-order valence-electron chi connectivity index (χ1n) is 10.7. The van der Waals surface area contributed by atoms with E-state index in [1.165, 1.54) is 38.1 Å². The summed E-state index contributed by atoms with van der Waals surface area (Å²) in [5.74, 6) is -0.388. The maximum atomic E-state index is 13.7. The quantitative estimate of drug-likeness (QED) is 0.797. The molecule has 0 N–H and O–H groups in total. The van der Waals surface area contributed by atoms with Crippen molar-refractivity contribution in [1.29, 1.82) is 0 Å².